The highest BCUT2D eigenvalue weighted by Gasteiger charge is 2.43. The van der Waals surface area contributed by atoms with Crippen LogP contribution in [0, 0.1) is 5.82 Å². The van der Waals surface area contributed by atoms with E-state index < -0.39 is 5.60 Å². The summed E-state index contributed by atoms with van der Waals surface area (Å²) in [6.45, 7) is 4.46. The SMILES string of the molecule is CCC1(C)CC(O)(c2cc(F)ccc2OC)CCO1. The molecule has 2 atom stereocenters. The third kappa shape index (κ3) is 2.74. The molecule has 1 saturated heterocycles. The molecule has 0 amide bonds. The molecule has 0 aromatic heterocycles. The van der Waals surface area contributed by atoms with Crippen molar-refractivity contribution in [2.45, 2.75) is 44.3 Å². The van der Waals surface area contributed by atoms with Gasteiger partial charge in [0.15, 0.2) is 0 Å². The molecule has 4 heteroatoms. The fourth-order valence-electron chi connectivity index (χ4n) is 2.73. The second-order valence-electron chi connectivity index (χ2n) is 5.45. The number of aliphatic hydroxyl groups is 1. The molecular weight excluding hydrogens is 247 g/mol. The highest BCUT2D eigenvalue weighted by molar-refractivity contribution is 5.39. The van der Waals surface area contributed by atoms with Gasteiger partial charge in [0.2, 0.25) is 0 Å². The van der Waals surface area contributed by atoms with Crippen LogP contribution in [-0.2, 0) is 10.3 Å². The fraction of sp³-hybridized carbons (Fsp3) is 0.600. The standard InChI is InChI=1S/C15H21FO3/c1-4-14(2)10-15(17,7-8-19-14)12-9-11(16)5-6-13(12)18-3/h5-6,9,17H,4,7-8,10H2,1-3H3. The van der Waals surface area contributed by atoms with E-state index >= 15 is 0 Å². The Morgan fingerprint density at radius 2 is 2.21 bits per heavy atom. The van der Waals surface area contributed by atoms with Crippen LogP contribution >= 0.6 is 0 Å². The molecule has 1 aliphatic rings. The molecule has 0 saturated carbocycles. The van der Waals surface area contributed by atoms with Crippen LogP contribution in [0.4, 0.5) is 4.39 Å². The van der Waals surface area contributed by atoms with Crippen LogP contribution in [0.5, 0.6) is 5.75 Å². The highest BCUT2D eigenvalue weighted by Crippen LogP contribution is 2.44. The highest BCUT2D eigenvalue weighted by atomic mass is 19.1. The van der Waals surface area contributed by atoms with Crippen LogP contribution < -0.4 is 4.74 Å². The van der Waals surface area contributed by atoms with Crippen molar-refractivity contribution >= 4 is 0 Å². The minimum Gasteiger partial charge on any atom is -0.496 e. The topological polar surface area (TPSA) is 38.7 Å². The lowest BCUT2D eigenvalue weighted by atomic mass is 9.77. The molecule has 3 nitrogen and oxygen atoms in total. The van der Waals surface area contributed by atoms with E-state index in [9.17, 15) is 9.50 Å². The van der Waals surface area contributed by atoms with Crippen LogP contribution in [0.15, 0.2) is 18.2 Å². The number of hydrogen-bond donors (Lipinski definition) is 1. The van der Waals surface area contributed by atoms with Crippen LogP contribution in [0.2, 0.25) is 0 Å². The zero-order chi connectivity index (χ0) is 14.1. The molecule has 1 aromatic carbocycles. The van der Waals surface area contributed by atoms with E-state index in [0.717, 1.165) is 6.42 Å². The van der Waals surface area contributed by atoms with Crippen LogP contribution in [0.25, 0.3) is 0 Å². The molecule has 0 radical (unpaired) electrons. The minimum absolute atomic E-state index is 0.367. The number of rotatable bonds is 3. The molecule has 0 spiro atoms. The van der Waals surface area contributed by atoms with Crippen molar-refractivity contribution in [2.24, 2.45) is 0 Å². The van der Waals surface area contributed by atoms with Crippen molar-refractivity contribution in [3.05, 3.63) is 29.6 Å². The normalized spacial score (nSPS) is 31.2. The molecule has 1 N–H and O–H groups in total. The van der Waals surface area contributed by atoms with Crippen LogP contribution in [0.1, 0.15) is 38.7 Å². The average Bonchev–Trinajstić information content (AvgIpc) is 2.38. The summed E-state index contributed by atoms with van der Waals surface area (Å²) in [4.78, 5) is 0. The zero-order valence-electron chi connectivity index (χ0n) is 11.7. The monoisotopic (exact) mass is 268 g/mol. The first-order valence-corrected chi connectivity index (χ1v) is 6.63. The number of ether oxygens (including phenoxy) is 2. The Morgan fingerprint density at radius 1 is 1.47 bits per heavy atom. The quantitative estimate of drug-likeness (QED) is 0.916. The van der Waals surface area contributed by atoms with Gasteiger partial charge in [-0.15, -0.1) is 0 Å². The van der Waals surface area contributed by atoms with Crippen molar-refractivity contribution in [1.29, 1.82) is 0 Å². The summed E-state index contributed by atoms with van der Waals surface area (Å²) in [5.41, 5.74) is -0.973. The average molecular weight is 268 g/mol. The largest absolute Gasteiger partial charge is 0.496 e. The van der Waals surface area contributed by atoms with Crippen molar-refractivity contribution in [3.8, 4) is 5.75 Å². The third-order valence-corrected chi connectivity index (χ3v) is 4.04. The Kier molecular flexibility index (Phi) is 3.83. The first-order chi connectivity index (χ1) is 8.92. The summed E-state index contributed by atoms with van der Waals surface area (Å²) < 4.78 is 24.5. The van der Waals surface area contributed by atoms with Gasteiger partial charge in [-0.3, -0.25) is 0 Å². The van der Waals surface area contributed by atoms with Gasteiger partial charge in [0.25, 0.3) is 0 Å². The van der Waals surface area contributed by atoms with Crippen molar-refractivity contribution < 1.29 is 19.0 Å². The molecule has 2 unspecified atom stereocenters. The van der Waals surface area contributed by atoms with Gasteiger partial charge in [-0.1, -0.05) is 6.92 Å². The molecule has 106 valence electrons. The smallest absolute Gasteiger partial charge is 0.125 e. The van der Waals surface area contributed by atoms with E-state index in [1.807, 2.05) is 13.8 Å². The van der Waals surface area contributed by atoms with Gasteiger partial charge in [0, 0.05) is 18.4 Å². The van der Waals surface area contributed by atoms with Gasteiger partial charge in [0.05, 0.1) is 24.9 Å². The Bertz CT molecular complexity index is 463. The van der Waals surface area contributed by atoms with E-state index in [4.69, 9.17) is 9.47 Å². The van der Waals surface area contributed by atoms with E-state index in [-0.39, 0.29) is 11.4 Å². The van der Waals surface area contributed by atoms with E-state index in [1.165, 1.54) is 19.2 Å². The first-order valence-electron chi connectivity index (χ1n) is 6.63. The van der Waals surface area contributed by atoms with Gasteiger partial charge in [-0.25, -0.2) is 4.39 Å². The van der Waals surface area contributed by atoms with Crippen LogP contribution in [-0.4, -0.2) is 24.4 Å². The Morgan fingerprint density at radius 3 is 2.84 bits per heavy atom. The third-order valence-electron chi connectivity index (χ3n) is 4.04. The minimum atomic E-state index is -1.10. The molecule has 1 heterocycles. The molecule has 19 heavy (non-hydrogen) atoms. The maximum atomic E-state index is 13.5. The zero-order valence-corrected chi connectivity index (χ0v) is 11.7. The van der Waals surface area contributed by atoms with Gasteiger partial charge in [0.1, 0.15) is 11.6 Å². The summed E-state index contributed by atoms with van der Waals surface area (Å²) in [7, 11) is 1.53. The first kappa shape index (κ1) is 14.3. The maximum Gasteiger partial charge on any atom is 0.125 e. The molecule has 0 bridgehead atoms. The molecular formula is C15H21FO3. The lowest BCUT2D eigenvalue weighted by Gasteiger charge is -2.43. The molecule has 2 rings (SSSR count). The molecule has 0 aliphatic carbocycles. The van der Waals surface area contributed by atoms with Crippen LogP contribution in [0.3, 0.4) is 0 Å². The lowest BCUT2D eigenvalue weighted by molar-refractivity contribution is -0.158. The number of halogens is 1. The van der Waals surface area contributed by atoms with E-state index in [1.54, 1.807) is 6.07 Å². The number of methoxy groups -OCH3 is 1. The predicted octanol–water partition coefficient (Wildman–Crippen LogP) is 3.00. The number of hydrogen-bond acceptors (Lipinski definition) is 3. The summed E-state index contributed by atoms with van der Waals surface area (Å²) in [5.74, 6) is 0.151. The lowest BCUT2D eigenvalue weighted by Crippen LogP contribution is -2.45. The summed E-state index contributed by atoms with van der Waals surface area (Å²) in [6.07, 6.45) is 1.69. The molecule has 1 aromatic rings. The second-order valence-corrected chi connectivity index (χ2v) is 5.45. The van der Waals surface area contributed by atoms with Gasteiger partial charge in [-0.05, 0) is 31.5 Å². The van der Waals surface area contributed by atoms with Crippen molar-refractivity contribution in [1.82, 2.24) is 0 Å². The second kappa shape index (κ2) is 5.10. The Hall–Kier alpha value is -1.13. The maximum absolute atomic E-state index is 13.5. The fourth-order valence-corrected chi connectivity index (χ4v) is 2.73. The van der Waals surface area contributed by atoms with Crippen molar-refractivity contribution in [3.63, 3.8) is 0 Å². The summed E-state index contributed by atoms with van der Waals surface area (Å²) >= 11 is 0. The Labute approximate surface area is 113 Å². The van der Waals surface area contributed by atoms with E-state index in [2.05, 4.69) is 0 Å². The number of benzene rings is 1. The van der Waals surface area contributed by atoms with Gasteiger partial charge < -0.3 is 14.6 Å². The van der Waals surface area contributed by atoms with Gasteiger partial charge in [-0.2, -0.15) is 0 Å². The predicted molar refractivity (Wildman–Crippen MR) is 70.7 cm³/mol. The van der Waals surface area contributed by atoms with E-state index in [0.29, 0.717) is 30.8 Å². The Balaban J connectivity index is 2.41. The van der Waals surface area contributed by atoms with Gasteiger partial charge >= 0.3 is 0 Å². The summed E-state index contributed by atoms with van der Waals surface area (Å²) in [5, 5.41) is 10.9. The summed E-state index contributed by atoms with van der Waals surface area (Å²) in [6, 6.07) is 4.26. The molecule has 1 fully saturated rings. The molecule has 1 aliphatic heterocycles. The van der Waals surface area contributed by atoms with Crippen molar-refractivity contribution in [2.75, 3.05) is 13.7 Å².